The van der Waals surface area contributed by atoms with Gasteiger partial charge in [0, 0.05) is 17.0 Å². The number of aliphatic hydroxyl groups is 1. The van der Waals surface area contributed by atoms with Crippen molar-refractivity contribution in [3.63, 3.8) is 0 Å². The number of carbonyl (C=O) groups excluding carboxylic acids is 1. The summed E-state index contributed by atoms with van der Waals surface area (Å²) in [5.74, 6) is -1.00. The number of aromatic nitrogens is 3. The van der Waals surface area contributed by atoms with E-state index in [0.717, 1.165) is 36.3 Å². The Balaban J connectivity index is 1.75. The van der Waals surface area contributed by atoms with Crippen molar-refractivity contribution in [3.05, 3.63) is 65.9 Å². The summed E-state index contributed by atoms with van der Waals surface area (Å²) in [6.45, 7) is 0. The zero-order valence-corrected chi connectivity index (χ0v) is 13.6. The third-order valence-corrected chi connectivity index (χ3v) is 4.07. The van der Waals surface area contributed by atoms with Gasteiger partial charge < -0.3 is 9.52 Å². The molecule has 2 aromatic heterocycles. The summed E-state index contributed by atoms with van der Waals surface area (Å²) in [4.78, 5) is 15.8. The Labute approximate surface area is 148 Å². The molecule has 0 bridgehead atoms. The van der Waals surface area contributed by atoms with Gasteiger partial charge in [-0.1, -0.05) is 17.8 Å². The molecule has 0 amide bonds. The fourth-order valence-corrected chi connectivity index (χ4v) is 2.80. The molecule has 134 valence electrons. The molecule has 0 saturated heterocycles. The van der Waals surface area contributed by atoms with E-state index in [1.54, 1.807) is 0 Å². The van der Waals surface area contributed by atoms with Crippen LogP contribution in [0.4, 0.5) is 13.2 Å². The van der Waals surface area contributed by atoms with Crippen molar-refractivity contribution < 1.29 is 27.5 Å². The first-order chi connectivity index (χ1) is 12.3. The number of nitrogens with one attached hydrogen (secondary N) is 1. The number of nitrogens with zero attached hydrogens (tertiary/aromatic N) is 2. The Morgan fingerprint density at radius 1 is 1.31 bits per heavy atom. The predicted molar refractivity (Wildman–Crippen MR) is 85.6 cm³/mol. The number of carbonyl (C=O) groups is 1. The van der Waals surface area contributed by atoms with Gasteiger partial charge in [-0.2, -0.15) is 18.3 Å². The van der Waals surface area contributed by atoms with E-state index >= 15 is 0 Å². The molecule has 2 heterocycles. The molecule has 0 spiro atoms. The van der Waals surface area contributed by atoms with Gasteiger partial charge in [0.15, 0.2) is 10.9 Å². The van der Waals surface area contributed by atoms with Crippen LogP contribution in [-0.4, -0.2) is 26.1 Å². The number of H-pyrrole nitrogens is 1. The number of furan rings is 1. The molecule has 0 aliphatic heterocycles. The van der Waals surface area contributed by atoms with E-state index in [9.17, 15) is 23.1 Å². The summed E-state index contributed by atoms with van der Waals surface area (Å²) in [5.41, 5.74) is -0.568. The van der Waals surface area contributed by atoms with Crippen LogP contribution in [0.25, 0.3) is 5.76 Å². The van der Waals surface area contributed by atoms with Crippen LogP contribution in [0.15, 0.2) is 63.4 Å². The van der Waals surface area contributed by atoms with E-state index in [4.69, 9.17) is 4.42 Å². The van der Waals surface area contributed by atoms with Crippen LogP contribution in [0, 0.1) is 0 Å². The second-order valence-corrected chi connectivity index (χ2v) is 6.09. The zero-order chi connectivity index (χ0) is 18.7. The lowest BCUT2D eigenvalue weighted by molar-refractivity contribution is -0.137. The highest BCUT2D eigenvalue weighted by Crippen LogP contribution is 2.35. The third-order valence-electron chi connectivity index (χ3n) is 3.17. The van der Waals surface area contributed by atoms with Crippen molar-refractivity contribution in [1.82, 2.24) is 15.2 Å². The summed E-state index contributed by atoms with van der Waals surface area (Å²) >= 11 is 0.954. The van der Waals surface area contributed by atoms with E-state index in [1.807, 2.05) is 0 Å². The average Bonchev–Trinajstić information content (AvgIpc) is 3.26. The number of halogens is 3. The molecule has 0 saturated carbocycles. The Morgan fingerprint density at radius 2 is 2.12 bits per heavy atom. The van der Waals surface area contributed by atoms with Gasteiger partial charge >= 0.3 is 6.18 Å². The molecule has 0 fully saturated rings. The molecule has 3 aromatic rings. The zero-order valence-electron chi connectivity index (χ0n) is 12.8. The van der Waals surface area contributed by atoms with Crippen molar-refractivity contribution >= 4 is 23.3 Å². The molecule has 0 atom stereocenters. The highest BCUT2D eigenvalue weighted by atomic mass is 32.2. The maximum absolute atomic E-state index is 12.7. The number of hydrogen-bond acceptors (Lipinski definition) is 6. The van der Waals surface area contributed by atoms with Crippen LogP contribution in [-0.2, 0) is 6.18 Å². The van der Waals surface area contributed by atoms with E-state index in [1.165, 1.54) is 24.5 Å². The lowest BCUT2D eigenvalue weighted by Crippen LogP contribution is -2.04. The van der Waals surface area contributed by atoms with Crippen molar-refractivity contribution in [2.45, 2.75) is 16.2 Å². The van der Waals surface area contributed by atoms with Crippen molar-refractivity contribution in [3.8, 4) is 0 Å². The number of allylic oxidation sites excluding steroid dienone is 1. The van der Waals surface area contributed by atoms with Crippen molar-refractivity contribution in [2.75, 3.05) is 0 Å². The molecule has 0 aliphatic carbocycles. The van der Waals surface area contributed by atoms with E-state index < -0.39 is 17.5 Å². The molecule has 0 radical (unpaired) electrons. The molecular formula is C16H10F3N3O3S. The molecule has 6 nitrogen and oxygen atoms in total. The molecule has 2 N–H and O–H groups in total. The topological polar surface area (TPSA) is 92.0 Å². The van der Waals surface area contributed by atoms with Gasteiger partial charge in [-0.3, -0.25) is 9.89 Å². The maximum Gasteiger partial charge on any atom is 0.416 e. The number of aliphatic hydroxyl groups excluding tert-OH is 1. The van der Waals surface area contributed by atoms with E-state index in [2.05, 4.69) is 15.2 Å². The summed E-state index contributed by atoms with van der Waals surface area (Å²) in [5, 5.41) is 16.1. The standard InChI is InChI=1S/C16H10F3N3O3S/c17-16(18,19)10-2-1-3-11(5-10)26-14-4-9(7-25-14)12(23)6-13(24)15-20-8-21-22-15/h1-8,23H,(H,20,21,22). The SMILES string of the molecule is O=C(C=C(O)c1coc(Sc2cccc(C(F)(F)F)c2)c1)c1ncn[nH]1. The van der Waals surface area contributed by atoms with Gasteiger partial charge in [0.25, 0.3) is 0 Å². The Morgan fingerprint density at radius 3 is 2.81 bits per heavy atom. The fraction of sp³-hybridized carbons (Fsp3) is 0.0625. The van der Waals surface area contributed by atoms with Crippen LogP contribution < -0.4 is 0 Å². The summed E-state index contributed by atoms with van der Waals surface area (Å²) in [7, 11) is 0. The third kappa shape index (κ3) is 4.14. The largest absolute Gasteiger partial charge is 0.507 e. The molecule has 26 heavy (non-hydrogen) atoms. The number of benzene rings is 1. The monoisotopic (exact) mass is 381 g/mol. The number of hydrogen-bond donors (Lipinski definition) is 2. The van der Waals surface area contributed by atoms with Crippen LogP contribution in [0.2, 0.25) is 0 Å². The van der Waals surface area contributed by atoms with Crippen LogP contribution >= 0.6 is 11.8 Å². The van der Waals surface area contributed by atoms with E-state index in [0.29, 0.717) is 4.90 Å². The smallest absolute Gasteiger partial charge is 0.416 e. The first kappa shape index (κ1) is 17.8. The molecule has 0 aliphatic rings. The van der Waals surface area contributed by atoms with Gasteiger partial charge in [0.05, 0.1) is 11.1 Å². The Hall–Kier alpha value is -3.01. The minimum Gasteiger partial charge on any atom is -0.507 e. The first-order valence-corrected chi connectivity index (χ1v) is 7.89. The summed E-state index contributed by atoms with van der Waals surface area (Å²) in [6.07, 6.45) is -1.16. The van der Waals surface area contributed by atoms with Crippen LogP contribution in [0.5, 0.6) is 0 Å². The van der Waals surface area contributed by atoms with Gasteiger partial charge in [0.2, 0.25) is 5.78 Å². The minimum atomic E-state index is -4.44. The Bertz CT molecular complexity index is 949. The van der Waals surface area contributed by atoms with Crippen LogP contribution in [0.1, 0.15) is 21.7 Å². The summed E-state index contributed by atoms with van der Waals surface area (Å²) in [6, 6.07) is 6.18. The molecule has 10 heteroatoms. The maximum atomic E-state index is 12.7. The second kappa shape index (κ2) is 7.08. The molecule has 0 unspecified atom stereocenters. The highest BCUT2D eigenvalue weighted by molar-refractivity contribution is 7.99. The van der Waals surface area contributed by atoms with Crippen molar-refractivity contribution in [1.29, 1.82) is 0 Å². The Kier molecular flexibility index (Phi) is 4.85. The van der Waals surface area contributed by atoms with Crippen LogP contribution in [0.3, 0.4) is 0 Å². The number of ketones is 1. The fourth-order valence-electron chi connectivity index (χ4n) is 1.96. The average molecular weight is 381 g/mol. The quantitative estimate of drug-likeness (QED) is 0.388. The first-order valence-electron chi connectivity index (χ1n) is 7.07. The van der Waals surface area contributed by atoms with E-state index in [-0.39, 0.29) is 22.2 Å². The van der Waals surface area contributed by atoms with Gasteiger partial charge in [-0.15, -0.1) is 0 Å². The normalized spacial score (nSPS) is 12.3. The van der Waals surface area contributed by atoms with Gasteiger partial charge in [-0.05, 0) is 18.2 Å². The number of aromatic amines is 1. The lowest BCUT2D eigenvalue weighted by Gasteiger charge is -2.07. The summed E-state index contributed by atoms with van der Waals surface area (Å²) < 4.78 is 43.4. The molecule has 1 aromatic carbocycles. The van der Waals surface area contributed by atoms with Gasteiger partial charge in [0.1, 0.15) is 18.3 Å². The predicted octanol–water partition coefficient (Wildman–Crippen LogP) is 4.35. The minimum absolute atomic E-state index is 0.0430. The highest BCUT2D eigenvalue weighted by Gasteiger charge is 2.30. The number of alkyl halides is 3. The number of rotatable bonds is 5. The molecule has 3 rings (SSSR count). The van der Waals surface area contributed by atoms with Gasteiger partial charge in [-0.25, -0.2) is 4.98 Å². The van der Waals surface area contributed by atoms with Crippen molar-refractivity contribution in [2.24, 2.45) is 0 Å². The lowest BCUT2D eigenvalue weighted by atomic mass is 10.2. The molecular weight excluding hydrogens is 371 g/mol. The second-order valence-electron chi connectivity index (χ2n) is 5.01.